The van der Waals surface area contributed by atoms with Gasteiger partial charge in [-0.05, 0) is 24.6 Å². The molecule has 19 heavy (non-hydrogen) atoms. The molecule has 1 rings (SSSR count). The van der Waals surface area contributed by atoms with E-state index in [-0.39, 0.29) is 11.9 Å². The topological polar surface area (TPSA) is 110 Å². The molecule has 0 aromatic heterocycles. The highest BCUT2D eigenvalue weighted by molar-refractivity contribution is 5.88. The predicted molar refractivity (Wildman–Crippen MR) is 74.3 cm³/mol. The van der Waals surface area contributed by atoms with Gasteiger partial charge in [0.05, 0.1) is 6.04 Å². The Hall–Kier alpha value is -1.92. The minimum Gasteiger partial charge on any atom is -0.368 e. The molecule has 0 radical (unpaired) electrons. The molecular formula is C13H20N4O2. The molecule has 2 amide bonds. The first-order valence-electron chi connectivity index (χ1n) is 6.06. The summed E-state index contributed by atoms with van der Waals surface area (Å²) in [5, 5.41) is 5.84. The highest BCUT2D eigenvalue weighted by Gasteiger charge is 2.12. The standard InChI is InChI=1S/C13H20N4O2/c1-8(16-7-12(14)13(15)19)10-4-3-5-11(6-10)17-9(2)18/h3-6,8,12,16H,7,14H2,1-2H3,(H2,15,19)(H,17,18). The van der Waals surface area contributed by atoms with Gasteiger partial charge in [-0.2, -0.15) is 0 Å². The largest absolute Gasteiger partial charge is 0.368 e. The average Bonchev–Trinajstić information content (AvgIpc) is 2.34. The van der Waals surface area contributed by atoms with Crippen molar-refractivity contribution in [3.8, 4) is 0 Å². The van der Waals surface area contributed by atoms with Crippen LogP contribution in [0.3, 0.4) is 0 Å². The highest BCUT2D eigenvalue weighted by Crippen LogP contribution is 2.17. The second-order valence-corrected chi connectivity index (χ2v) is 4.45. The lowest BCUT2D eigenvalue weighted by Crippen LogP contribution is -2.44. The molecule has 0 aliphatic heterocycles. The lowest BCUT2D eigenvalue weighted by Gasteiger charge is -2.17. The zero-order valence-corrected chi connectivity index (χ0v) is 11.1. The Bertz CT molecular complexity index is 462. The van der Waals surface area contributed by atoms with E-state index in [2.05, 4.69) is 10.6 Å². The van der Waals surface area contributed by atoms with Gasteiger partial charge in [0.25, 0.3) is 0 Å². The van der Waals surface area contributed by atoms with E-state index in [1.807, 2.05) is 31.2 Å². The lowest BCUT2D eigenvalue weighted by molar-refractivity contribution is -0.119. The van der Waals surface area contributed by atoms with E-state index in [0.717, 1.165) is 11.3 Å². The molecule has 0 heterocycles. The van der Waals surface area contributed by atoms with E-state index >= 15 is 0 Å². The predicted octanol–water partition coefficient (Wildman–Crippen LogP) is 0.108. The molecule has 0 saturated heterocycles. The number of carbonyl (C=O) groups is 2. The van der Waals surface area contributed by atoms with Crippen molar-refractivity contribution < 1.29 is 9.59 Å². The van der Waals surface area contributed by atoms with Crippen molar-refractivity contribution in [1.29, 1.82) is 0 Å². The Kier molecular flexibility index (Phi) is 5.47. The van der Waals surface area contributed by atoms with Crippen LogP contribution in [0.2, 0.25) is 0 Å². The number of nitrogens with one attached hydrogen (secondary N) is 2. The molecule has 6 nitrogen and oxygen atoms in total. The summed E-state index contributed by atoms with van der Waals surface area (Å²) in [6.45, 7) is 3.71. The summed E-state index contributed by atoms with van der Waals surface area (Å²) in [6, 6.07) is 6.76. The Morgan fingerprint density at radius 1 is 1.37 bits per heavy atom. The minimum atomic E-state index is -0.707. The smallest absolute Gasteiger partial charge is 0.235 e. The number of anilines is 1. The summed E-state index contributed by atoms with van der Waals surface area (Å²) < 4.78 is 0. The third-order valence-electron chi connectivity index (χ3n) is 2.72. The van der Waals surface area contributed by atoms with Crippen LogP contribution in [0.25, 0.3) is 0 Å². The van der Waals surface area contributed by atoms with E-state index in [4.69, 9.17) is 11.5 Å². The third kappa shape index (κ3) is 5.07. The molecule has 2 atom stereocenters. The van der Waals surface area contributed by atoms with Gasteiger partial charge in [0.15, 0.2) is 0 Å². The van der Waals surface area contributed by atoms with Crippen molar-refractivity contribution in [3.63, 3.8) is 0 Å². The van der Waals surface area contributed by atoms with Crippen molar-refractivity contribution in [1.82, 2.24) is 5.32 Å². The van der Waals surface area contributed by atoms with Gasteiger partial charge in [-0.1, -0.05) is 12.1 Å². The maximum atomic E-state index is 11.0. The summed E-state index contributed by atoms with van der Waals surface area (Å²) in [4.78, 5) is 21.8. The Morgan fingerprint density at radius 2 is 2.05 bits per heavy atom. The maximum Gasteiger partial charge on any atom is 0.235 e. The van der Waals surface area contributed by atoms with E-state index in [9.17, 15) is 9.59 Å². The summed E-state index contributed by atoms with van der Waals surface area (Å²) in [6.07, 6.45) is 0. The third-order valence-corrected chi connectivity index (χ3v) is 2.72. The van der Waals surface area contributed by atoms with Gasteiger partial charge in [-0.25, -0.2) is 0 Å². The molecule has 104 valence electrons. The second-order valence-electron chi connectivity index (χ2n) is 4.45. The van der Waals surface area contributed by atoms with Gasteiger partial charge in [0.2, 0.25) is 11.8 Å². The molecule has 0 saturated carbocycles. The molecule has 0 fully saturated rings. The fraction of sp³-hybridized carbons (Fsp3) is 0.385. The van der Waals surface area contributed by atoms with Gasteiger partial charge in [0, 0.05) is 25.2 Å². The maximum absolute atomic E-state index is 11.0. The summed E-state index contributed by atoms with van der Waals surface area (Å²) in [5.74, 6) is -0.653. The normalized spacial score (nSPS) is 13.6. The fourth-order valence-electron chi connectivity index (χ4n) is 1.61. The van der Waals surface area contributed by atoms with E-state index in [1.165, 1.54) is 6.92 Å². The molecule has 2 unspecified atom stereocenters. The zero-order chi connectivity index (χ0) is 14.4. The Morgan fingerprint density at radius 3 is 2.63 bits per heavy atom. The number of hydrogen-bond donors (Lipinski definition) is 4. The number of nitrogens with two attached hydrogens (primary N) is 2. The van der Waals surface area contributed by atoms with Crippen molar-refractivity contribution in [2.75, 3.05) is 11.9 Å². The van der Waals surface area contributed by atoms with Crippen LogP contribution in [0.5, 0.6) is 0 Å². The van der Waals surface area contributed by atoms with Crippen LogP contribution in [-0.2, 0) is 9.59 Å². The summed E-state index contributed by atoms with van der Waals surface area (Å²) >= 11 is 0. The van der Waals surface area contributed by atoms with Crippen LogP contribution < -0.4 is 22.1 Å². The number of carbonyl (C=O) groups excluding carboxylic acids is 2. The van der Waals surface area contributed by atoms with Gasteiger partial charge in [-0.3, -0.25) is 9.59 Å². The number of amides is 2. The van der Waals surface area contributed by atoms with E-state index in [0.29, 0.717) is 6.54 Å². The number of primary amides is 1. The summed E-state index contributed by atoms with van der Waals surface area (Å²) in [7, 11) is 0. The van der Waals surface area contributed by atoms with Crippen LogP contribution in [0, 0.1) is 0 Å². The minimum absolute atomic E-state index is 0.000826. The monoisotopic (exact) mass is 264 g/mol. The van der Waals surface area contributed by atoms with Crippen molar-refractivity contribution in [3.05, 3.63) is 29.8 Å². The van der Waals surface area contributed by atoms with Gasteiger partial charge in [0.1, 0.15) is 0 Å². The lowest BCUT2D eigenvalue weighted by atomic mass is 10.1. The van der Waals surface area contributed by atoms with Crippen molar-refractivity contribution in [2.45, 2.75) is 25.9 Å². The van der Waals surface area contributed by atoms with Crippen LogP contribution in [0.1, 0.15) is 25.5 Å². The van der Waals surface area contributed by atoms with Crippen molar-refractivity contribution in [2.24, 2.45) is 11.5 Å². The fourth-order valence-corrected chi connectivity index (χ4v) is 1.61. The molecule has 0 spiro atoms. The van der Waals surface area contributed by atoms with Gasteiger partial charge < -0.3 is 22.1 Å². The first-order valence-corrected chi connectivity index (χ1v) is 6.06. The molecule has 1 aromatic rings. The highest BCUT2D eigenvalue weighted by atomic mass is 16.1. The summed E-state index contributed by atoms with van der Waals surface area (Å²) in [5.41, 5.74) is 12.4. The Labute approximate surface area is 112 Å². The van der Waals surface area contributed by atoms with Crippen LogP contribution in [0.15, 0.2) is 24.3 Å². The van der Waals surface area contributed by atoms with Gasteiger partial charge >= 0.3 is 0 Å². The molecule has 0 bridgehead atoms. The molecule has 1 aromatic carbocycles. The molecule has 6 N–H and O–H groups in total. The SMILES string of the molecule is CC(=O)Nc1cccc(C(C)NCC(N)C(N)=O)c1. The number of rotatable bonds is 6. The molecular weight excluding hydrogens is 244 g/mol. The average molecular weight is 264 g/mol. The van der Waals surface area contributed by atoms with E-state index < -0.39 is 11.9 Å². The van der Waals surface area contributed by atoms with Gasteiger partial charge in [-0.15, -0.1) is 0 Å². The number of benzene rings is 1. The Balaban J connectivity index is 2.63. The zero-order valence-electron chi connectivity index (χ0n) is 11.1. The first-order chi connectivity index (χ1) is 8.90. The molecule has 6 heteroatoms. The first kappa shape index (κ1) is 15.1. The number of hydrogen-bond acceptors (Lipinski definition) is 4. The molecule has 0 aliphatic rings. The van der Waals surface area contributed by atoms with Crippen LogP contribution >= 0.6 is 0 Å². The van der Waals surface area contributed by atoms with Crippen molar-refractivity contribution >= 4 is 17.5 Å². The van der Waals surface area contributed by atoms with E-state index in [1.54, 1.807) is 0 Å². The second kappa shape index (κ2) is 6.86. The van der Waals surface area contributed by atoms with Crippen LogP contribution in [-0.4, -0.2) is 24.4 Å². The quantitative estimate of drug-likeness (QED) is 0.584. The molecule has 0 aliphatic carbocycles. The van der Waals surface area contributed by atoms with Crippen LogP contribution in [0.4, 0.5) is 5.69 Å².